The molecule has 2 heterocycles. The molecule has 4 heteroatoms. The summed E-state index contributed by atoms with van der Waals surface area (Å²) >= 11 is 0. The Morgan fingerprint density at radius 2 is 2.00 bits per heavy atom. The van der Waals surface area contributed by atoms with E-state index in [9.17, 15) is 0 Å². The fourth-order valence-electron chi connectivity index (χ4n) is 3.36. The SMILES string of the molecule is COc1ccc(CCN2C3=NCC=CC3COc3ccccc32)cc1. The highest BCUT2D eigenvalue weighted by Crippen LogP contribution is 2.34. The van der Waals surface area contributed by atoms with Gasteiger partial charge in [0.2, 0.25) is 0 Å². The molecule has 2 aliphatic rings. The standard InChI is InChI=1S/C21H22N2O2/c1-24-18-10-8-16(9-11-18)12-14-23-19-6-2-3-7-20(19)25-15-17-5-4-13-22-21(17)23/h2-11,17H,12-15H2,1H3. The summed E-state index contributed by atoms with van der Waals surface area (Å²) in [6, 6.07) is 16.5. The number of methoxy groups -OCH3 is 1. The van der Waals surface area contributed by atoms with Gasteiger partial charge < -0.3 is 14.4 Å². The molecule has 0 saturated carbocycles. The first-order valence-corrected chi connectivity index (χ1v) is 8.68. The maximum absolute atomic E-state index is 6.04. The number of nitrogens with zero attached hydrogens (tertiary/aromatic N) is 2. The molecule has 4 nitrogen and oxygen atoms in total. The molecule has 1 atom stereocenters. The van der Waals surface area contributed by atoms with Crippen molar-refractivity contribution in [1.82, 2.24) is 0 Å². The van der Waals surface area contributed by atoms with Crippen LogP contribution in [0, 0.1) is 5.92 Å². The van der Waals surface area contributed by atoms with Crippen molar-refractivity contribution < 1.29 is 9.47 Å². The number of amidine groups is 1. The van der Waals surface area contributed by atoms with Crippen molar-refractivity contribution in [2.75, 3.05) is 31.7 Å². The van der Waals surface area contributed by atoms with Crippen LogP contribution in [0.4, 0.5) is 5.69 Å². The molecular formula is C21H22N2O2. The number of dihydropyridines is 1. The molecule has 0 aromatic heterocycles. The smallest absolute Gasteiger partial charge is 0.143 e. The van der Waals surface area contributed by atoms with Gasteiger partial charge in [0.05, 0.1) is 25.3 Å². The van der Waals surface area contributed by atoms with E-state index in [1.807, 2.05) is 24.3 Å². The molecule has 0 radical (unpaired) electrons. The zero-order chi connectivity index (χ0) is 17.1. The number of para-hydroxylation sites is 2. The summed E-state index contributed by atoms with van der Waals surface area (Å²) < 4.78 is 11.3. The first kappa shape index (κ1) is 15.8. The number of fused-ring (bicyclic) bond motifs is 2. The minimum Gasteiger partial charge on any atom is -0.497 e. The third-order valence-electron chi connectivity index (χ3n) is 4.69. The molecule has 0 spiro atoms. The Hall–Kier alpha value is -2.75. The zero-order valence-electron chi connectivity index (χ0n) is 14.4. The van der Waals surface area contributed by atoms with Crippen molar-refractivity contribution in [2.45, 2.75) is 6.42 Å². The molecule has 0 saturated heterocycles. The molecule has 0 fully saturated rings. The average Bonchev–Trinajstić information content (AvgIpc) is 2.84. The van der Waals surface area contributed by atoms with Crippen molar-refractivity contribution in [3.63, 3.8) is 0 Å². The van der Waals surface area contributed by atoms with Crippen LogP contribution in [0.3, 0.4) is 0 Å². The first-order chi connectivity index (χ1) is 12.3. The van der Waals surface area contributed by atoms with Gasteiger partial charge in [-0.3, -0.25) is 4.99 Å². The molecule has 25 heavy (non-hydrogen) atoms. The minimum atomic E-state index is 0.219. The Bertz CT molecular complexity index is 796. The number of aliphatic imine (C=N–C) groups is 1. The van der Waals surface area contributed by atoms with Crippen molar-refractivity contribution in [3.8, 4) is 11.5 Å². The van der Waals surface area contributed by atoms with Crippen LogP contribution in [0.25, 0.3) is 0 Å². The van der Waals surface area contributed by atoms with E-state index in [1.54, 1.807) is 7.11 Å². The van der Waals surface area contributed by atoms with E-state index in [2.05, 4.69) is 41.3 Å². The maximum Gasteiger partial charge on any atom is 0.143 e. The Balaban J connectivity index is 1.60. The highest BCUT2D eigenvalue weighted by molar-refractivity contribution is 6.02. The number of hydrogen-bond donors (Lipinski definition) is 0. The molecule has 2 aromatic rings. The summed E-state index contributed by atoms with van der Waals surface area (Å²) in [4.78, 5) is 7.11. The molecule has 128 valence electrons. The maximum atomic E-state index is 6.04. The number of ether oxygens (including phenoxy) is 2. The van der Waals surface area contributed by atoms with Crippen LogP contribution in [0.2, 0.25) is 0 Å². The van der Waals surface area contributed by atoms with Gasteiger partial charge in [-0.2, -0.15) is 0 Å². The highest BCUT2D eigenvalue weighted by atomic mass is 16.5. The fourth-order valence-corrected chi connectivity index (χ4v) is 3.36. The van der Waals surface area contributed by atoms with Crippen LogP contribution in [0.5, 0.6) is 11.5 Å². The summed E-state index contributed by atoms with van der Waals surface area (Å²) in [5.41, 5.74) is 2.39. The normalized spacial score (nSPS) is 18.5. The second-order valence-electron chi connectivity index (χ2n) is 6.26. The number of rotatable bonds is 4. The monoisotopic (exact) mass is 334 g/mol. The lowest BCUT2D eigenvalue weighted by atomic mass is 10.0. The fraction of sp³-hybridized carbons (Fsp3) is 0.286. The highest BCUT2D eigenvalue weighted by Gasteiger charge is 2.28. The van der Waals surface area contributed by atoms with Crippen LogP contribution >= 0.6 is 0 Å². The van der Waals surface area contributed by atoms with E-state index in [0.717, 1.165) is 42.5 Å². The number of hydrogen-bond acceptors (Lipinski definition) is 4. The second-order valence-corrected chi connectivity index (χ2v) is 6.26. The summed E-state index contributed by atoms with van der Waals surface area (Å²) in [6.45, 7) is 2.26. The lowest BCUT2D eigenvalue weighted by Crippen LogP contribution is -2.38. The van der Waals surface area contributed by atoms with Gasteiger partial charge in [-0.05, 0) is 36.2 Å². The lowest BCUT2D eigenvalue weighted by molar-refractivity contribution is 0.308. The Labute approximate surface area is 148 Å². The predicted molar refractivity (Wildman–Crippen MR) is 101 cm³/mol. The van der Waals surface area contributed by atoms with Crippen molar-refractivity contribution >= 4 is 11.5 Å². The van der Waals surface area contributed by atoms with Gasteiger partial charge in [-0.25, -0.2) is 0 Å². The summed E-state index contributed by atoms with van der Waals surface area (Å²) in [5, 5.41) is 0. The van der Waals surface area contributed by atoms with Crippen LogP contribution in [0.1, 0.15) is 5.56 Å². The molecule has 1 unspecified atom stereocenters. The van der Waals surface area contributed by atoms with E-state index >= 15 is 0 Å². The van der Waals surface area contributed by atoms with Crippen molar-refractivity contribution in [3.05, 3.63) is 66.2 Å². The molecular weight excluding hydrogens is 312 g/mol. The first-order valence-electron chi connectivity index (χ1n) is 8.68. The van der Waals surface area contributed by atoms with Gasteiger partial charge in [0.25, 0.3) is 0 Å². The van der Waals surface area contributed by atoms with Crippen LogP contribution in [0.15, 0.2) is 65.7 Å². The number of benzene rings is 2. The van der Waals surface area contributed by atoms with Crippen LogP contribution in [-0.4, -0.2) is 32.6 Å². The van der Waals surface area contributed by atoms with Crippen LogP contribution < -0.4 is 14.4 Å². The van der Waals surface area contributed by atoms with E-state index in [0.29, 0.717) is 6.61 Å². The van der Waals surface area contributed by atoms with Gasteiger partial charge in [0, 0.05) is 6.54 Å². The van der Waals surface area contributed by atoms with Crippen molar-refractivity contribution in [2.24, 2.45) is 10.9 Å². The lowest BCUT2D eigenvalue weighted by Gasteiger charge is -2.28. The summed E-state index contributed by atoms with van der Waals surface area (Å²) in [5.74, 6) is 3.15. The molecule has 0 bridgehead atoms. The molecule has 0 amide bonds. The number of anilines is 1. The van der Waals surface area contributed by atoms with Gasteiger partial charge >= 0.3 is 0 Å². The minimum absolute atomic E-state index is 0.219. The molecule has 0 aliphatic carbocycles. The zero-order valence-corrected chi connectivity index (χ0v) is 14.4. The molecule has 2 aromatic carbocycles. The Kier molecular flexibility index (Phi) is 4.42. The quantitative estimate of drug-likeness (QED) is 0.799. The average molecular weight is 334 g/mol. The van der Waals surface area contributed by atoms with E-state index < -0.39 is 0 Å². The predicted octanol–water partition coefficient (Wildman–Crippen LogP) is 3.72. The van der Waals surface area contributed by atoms with E-state index in [-0.39, 0.29) is 5.92 Å². The molecule has 0 N–H and O–H groups in total. The van der Waals surface area contributed by atoms with Gasteiger partial charge in [0.15, 0.2) is 0 Å². The summed E-state index contributed by atoms with van der Waals surface area (Å²) in [7, 11) is 1.69. The third-order valence-corrected chi connectivity index (χ3v) is 4.69. The summed E-state index contributed by atoms with van der Waals surface area (Å²) in [6.07, 6.45) is 5.28. The Morgan fingerprint density at radius 3 is 2.84 bits per heavy atom. The topological polar surface area (TPSA) is 34.1 Å². The molecule has 2 aliphatic heterocycles. The van der Waals surface area contributed by atoms with Gasteiger partial charge in [0.1, 0.15) is 23.9 Å². The third kappa shape index (κ3) is 3.25. The van der Waals surface area contributed by atoms with E-state index in [1.165, 1.54) is 5.56 Å². The Morgan fingerprint density at radius 1 is 1.16 bits per heavy atom. The van der Waals surface area contributed by atoms with Crippen LogP contribution in [-0.2, 0) is 6.42 Å². The largest absolute Gasteiger partial charge is 0.497 e. The van der Waals surface area contributed by atoms with Crippen molar-refractivity contribution in [1.29, 1.82) is 0 Å². The second kappa shape index (κ2) is 7.01. The van der Waals surface area contributed by atoms with Gasteiger partial charge in [-0.1, -0.05) is 36.4 Å². The molecule has 4 rings (SSSR count). The van der Waals surface area contributed by atoms with E-state index in [4.69, 9.17) is 14.5 Å². The van der Waals surface area contributed by atoms with Gasteiger partial charge in [-0.15, -0.1) is 0 Å².